The second kappa shape index (κ2) is 10.1. The van der Waals surface area contributed by atoms with Crippen molar-refractivity contribution < 1.29 is 14.3 Å². The van der Waals surface area contributed by atoms with Crippen molar-refractivity contribution in [3.05, 3.63) is 65.2 Å². The molecule has 0 aliphatic carbocycles. The Hall–Kier alpha value is -2.57. The van der Waals surface area contributed by atoms with Crippen LogP contribution in [0, 0.1) is 0 Å². The SMILES string of the molecule is O=C(COc1ccccc1)NCC(=O)N1CCN(Cc2ccc(Cl)cc2)CC1. The van der Waals surface area contributed by atoms with E-state index in [9.17, 15) is 9.59 Å². The van der Waals surface area contributed by atoms with E-state index in [0.717, 1.165) is 24.7 Å². The topological polar surface area (TPSA) is 61.9 Å². The molecule has 2 aromatic carbocycles. The van der Waals surface area contributed by atoms with Crippen LogP contribution in [0.25, 0.3) is 0 Å². The van der Waals surface area contributed by atoms with Crippen LogP contribution in [-0.4, -0.2) is 60.9 Å². The number of hydrogen-bond acceptors (Lipinski definition) is 4. The Morgan fingerprint density at radius 1 is 0.964 bits per heavy atom. The fraction of sp³-hybridized carbons (Fsp3) is 0.333. The standard InChI is InChI=1S/C21H24ClN3O3/c22-18-8-6-17(7-9-18)15-24-10-12-25(13-11-24)21(27)14-23-20(26)16-28-19-4-2-1-3-5-19/h1-9H,10-16H2,(H,23,26). The van der Waals surface area contributed by atoms with Gasteiger partial charge in [-0.3, -0.25) is 14.5 Å². The zero-order valence-electron chi connectivity index (χ0n) is 15.6. The van der Waals surface area contributed by atoms with Gasteiger partial charge in [0.2, 0.25) is 5.91 Å². The summed E-state index contributed by atoms with van der Waals surface area (Å²) in [6.07, 6.45) is 0. The molecule has 3 rings (SSSR count). The van der Waals surface area contributed by atoms with Gasteiger partial charge in [-0.25, -0.2) is 0 Å². The van der Waals surface area contributed by atoms with Crippen molar-refractivity contribution >= 4 is 23.4 Å². The van der Waals surface area contributed by atoms with Gasteiger partial charge in [0, 0.05) is 37.7 Å². The first-order valence-corrected chi connectivity index (χ1v) is 9.67. The van der Waals surface area contributed by atoms with Crippen molar-refractivity contribution in [1.29, 1.82) is 0 Å². The third-order valence-electron chi connectivity index (χ3n) is 4.59. The van der Waals surface area contributed by atoms with Crippen LogP contribution >= 0.6 is 11.6 Å². The molecule has 0 aromatic heterocycles. The van der Waals surface area contributed by atoms with Crippen LogP contribution in [0.3, 0.4) is 0 Å². The summed E-state index contributed by atoms with van der Waals surface area (Å²) in [5.74, 6) is 0.249. The van der Waals surface area contributed by atoms with Gasteiger partial charge in [0.15, 0.2) is 6.61 Å². The van der Waals surface area contributed by atoms with Crippen molar-refractivity contribution in [2.45, 2.75) is 6.54 Å². The highest BCUT2D eigenvalue weighted by Crippen LogP contribution is 2.13. The number of amides is 2. The third-order valence-corrected chi connectivity index (χ3v) is 4.85. The van der Waals surface area contributed by atoms with E-state index >= 15 is 0 Å². The van der Waals surface area contributed by atoms with E-state index in [1.54, 1.807) is 17.0 Å². The molecule has 1 N–H and O–H groups in total. The van der Waals surface area contributed by atoms with Gasteiger partial charge in [-0.15, -0.1) is 0 Å². The number of benzene rings is 2. The Kier molecular flexibility index (Phi) is 7.28. The molecule has 7 heteroatoms. The van der Waals surface area contributed by atoms with E-state index in [1.165, 1.54) is 5.56 Å². The predicted octanol–water partition coefficient (Wildman–Crippen LogP) is 2.18. The Bertz CT molecular complexity index is 775. The van der Waals surface area contributed by atoms with E-state index in [2.05, 4.69) is 10.2 Å². The summed E-state index contributed by atoms with van der Waals surface area (Å²) in [6.45, 7) is 3.65. The lowest BCUT2D eigenvalue weighted by molar-refractivity contribution is -0.134. The lowest BCUT2D eigenvalue weighted by atomic mass is 10.2. The van der Waals surface area contributed by atoms with Crippen LogP contribution in [-0.2, 0) is 16.1 Å². The van der Waals surface area contributed by atoms with Crippen LogP contribution < -0.4 is 10.1 Å². The summed E-state index contributed by atoms with van der Waals surface area (Å²) in [7, 11) is 0. The van der Waals surface area contributed by atoms with Crippen LogP contribution in [0.5, 0.6) is 5.75 Å². The van der Waals surface area contributed by atoms with Gasteiger partial charge in [0.1, 0.15) is 5.75 Å². The first-order valence-electron chi connectivity index (χ1n) is 9.29. The molecular formula is C21H24ClN3O3. The van der Waals surface area contributed by atoms with Gasteiger partial charge in [-0.2, -0.15) is 0 Å². The summed E-state index contributed by atoms with van der Waals surface area (Å²) in [5, 5.41) is 3.36. The second-order valence-electron chi connectivity index (χ2n) is 6.66. The molecule has 0 atom stereocenters. The number of nitrogens with one attached hydrogen (secondary N) is 1. The minimum atomic E-state index is -0.307. The first kappa shape index (κ1) is 20.2. The van der Waals surface area contributed by atoms with Crippen molar-refractivity contribution in [3.63, 3.8) is 0 Å². The summed E-state index contributed by atoms with van der Waals surface area (Å²) in [4.78, 5) is 28.3. The number of carbonyl (C=O) groups is 2. The predicted molar refractivity (Wildman–Crippen MR) is 108 cm³/mol. The molecule has 1 heterocycles. The Balaban J connectivity index is 1.34. The van der Waals surface area contributed by atoms with Gasteiger partial charge in [-0.1, -0.05) is 41.9 Å². The maximum absolute atomic E-state index is 12.3. The van der Waals surface area contributed by atoms with Gasteiger partial charge in [0.05, 0.1) is 6.54 Å². The summed E-state index contributed by atoms with van der Waals surface area (Å²) < 4.78 is 5.37. The molecule has 0 radical (unpaired) electrons. The van der Waals surface area contributed by atoms with Crippen LogP contribution in [0.4, 0.5) is 0 Å². The molecule has 0 spiro atoms. The van der Waals surface area contributed by atoms with Crippen molar-refractivity contribution in [3.8, 4) is 5.75 Å². The lowest BCUT2D eigenvalue weighted by Crippen LogP contribution is -2.51. The maximum Gasteiger partial charge on any atom is 0.258 e. The van der Waals surface area contributed by atoms with Crippen molar-refractivity contribution in [1.82, 2.24) is 15.1 Å². The van der Waals surface area contributed by atoms with Crippen LogP contribution in [0.1, 0.15) is 5.56 Å². The number of para-hydroxylation sites is 1. The van der Waals surface area contributed by atoms with E-state index in [-0.39, 0.29) is 25.0 Å². The molecule has 1 fully saturated rings. The minimum absolute atomic E-state index is 0.00579. The lowest BCUT2D eigenvalue weighted by Gasteiger charge is -2.34. The van der Waals surface area contributed by atoms with Gasteiger partial charge >= 0.3 is 0 Å². The average Bonchev–Trinajstić information content (AvgIpc) is 2.73. The monoisotopic (exact) mass is 401 g/mol. The number of nitrogens with zero attached hydrogens (tertiary/aromatic N) is 2. The van der Waals surface area contributed by atoms with E-state index < -0.39 is 0 Å². The zero-order valence-corrected chi connectivity index (χ0v) is 16.4. The van der Waals surface area contributed by atoms with Crippen LogP contribution in [0.15, 0.2) is 54.6 Å². The Morgan fingerprint density at radius 2 is 1.64 bits per heavy atom. The van der Waals surface area contributed by atoms with E-state index in [1.807, 2.05) is 42.5 Å². The zero-order chi connectivity index (χ0) is 19.8. The normalized spacial score (nSPS) is 14.5. The fourth-order valence-electron chi connectivity index (χ4n) is 3.01. The fourth-order valence-corrected chi connectivity index (χ4v) is 3.13. The molecule has 2 amide bonds. The molecule has 0 saturated carbocycles. The third kappa shape index (κ3) is 6.25. The number of carbonyl (C=O) groups excluding carboxylic acids is 2. The first-order chi connectivity index (χ1) is 13.6. The molecule has 1 aliphatic heterocycles. The number of hydrogen-bond donors (Lipinski definition) is 1. The highest BCUT2D eigenvalue weighted by Gasteiger charge is 2.21. The molecule has 28 heavy (non-hydrogen) atoms. The molecule has 1 aliphatic rings. The molecule has 0 unspecified atom stereocenters. The van der Waals surface area contributed by atoms with E-state index in [0.29, 0.717) is 18.8 Å². The quantitative estimate of drug-likeness (QED) is 0.772. The molecule has 0 bridgehead atoms. The van der Waals surface area contributed by atoms with Gasteiger partial charge in [-0.05, 0) is 29.8 Å². The minimum Gasteiger partial charge on any atom is -0.484 e. The van der Waals surface area contributed by atoms with Crippen molar-refractivity contribution in [2.75, 3.05) is 39.3 Å². The number of piperazine rings is 1. The Morgan fingerprint density at radius 3 is 2.32 bits per heavy atom. The Labute approximate surface area is 170 Å². The number of ether oxygens (including phenoxy) is 1. The molecular weight excluding hydrogens is 378 g/mol. The smallest absolute Gasteiger partial charge is 0.258 e. The highest BCUT2D eigenvalue weighted by atomic mass is 35.5. The molecule has 148 valence electrons. The maximum atomic E-state index is 12.3. The summed E-state index contributed by atoms with van der Waals surface area (Å²) in [6, 6.07) is 16.9. The highest BCUT2D eigenvalue weighted by molar-refractivity contribution is 6.30. The average molecular weight is 402 g/mol. The number of halogens is 1. The van der Waals surface area contributed by atoms with Crippen molar-refractivity contribution in [2.24, 2.45) is 0 Å². The van der Waals surface area contributed by atoms with E-state index in [4.69, 9.17) is 16.3 Å². The second-order valence-corrected chi connectivity index (χ2v) is 7.10. The summed E-state index contributed by atoms with van der Waals surface area (Å²) in [5.41, 5.74) is 1.20. The largest absolute Gasteiger partial charge is 0.484 e. The molecule has 1 saturated heterocycles. The van der Waals surface area contributed by atoms with Gasteiger partial charge < -0.3 is 15.0 Å². The van der Waals surface area contributed by atoms with Gasteiger partial charge in [0.25, 0.3) is 5.91 Å². The molecule has 2 aromatic rings. The molecule has 6 nitrogen and oxygen atoms in total. The van der Waals surface area contributed by atoms with Crippen LogP contribution in [0.2, 0.25) is 5.02 Å². The summed E-state index contributed by atoms with van der Waals surface area (Å²) >= 11 is 5.92. The number of rotatable bonds is 7.